The van der Waals surface area contributed by atoms with Crippen LogP contribution in [0.3, 0.4) is 0 Å². The molecule has 0 saturated heterocycles. The maximum atomic E-state index is 9.82. The van der Waals surface area contributed by atoms with E-state index in [-0.39, 0.29) is 11.5 Å². The summed E-state index contributed by atoms with van der Waals surface area (Å²) in [5.41, 5.74) is 4.13. The number of rotatable bonds is 3. The van der Waals surface area contributed by atoms with Crippen molar-refractivity contribution in [1.29, 1.82) is 0 Å². The van der Waals surface area contributed by atoms with E-state index in [1.54, 1.807) is 0 Å². The van der Waals surface area contributed by atoms with Crippen LogP contribution in [0, 0.1) is 5.41 Å². The number of hydrogen-bond acceptors (Lipinski definition) is 1. The van der Waals surface area contributed by atoms with Gasteiger partial charge in [-0.1, -0.05) is 50.1 Å². The van der Waals surface area contributed by atoms with E-state index in [4.69, 9.17) is 0 Å². The highest BCUT2D eigenvalue weighted by atomic mass is 16.3. The first kappa shape index (κ1) is 14.2. The molecule has 1 heteroatoms. The van der Waals surface area contributed by atoms with Crippen LogP contribution in [0.15, 0.2) is 34.9 Å². The molecule has 0 bridgehead atoms. The fourth-order valence-corrected chi connectivity index (χ4v) is 2.78. The number of aliphatic hydroxyl groups is 1. The standard InChI is InChI=1S/C16H26O/c1-6-7-12(2)8-9-15-13(3)10-14(17)11-16(15,4)5/h7-9,14,17H,6,10-11H2,1-5H3/b9-8+,12-7+. The van der Waals surface area contributed by atoms with Crippen LogP contribution in [0.4, 0.5) is 0 Å². The zero-order valence-corrected chi connectivity index (χ0v) is 11.9. The molecule has 1 aliphatic rings. The predicted octanol–water partition coefficient (Wildman–Crippen LogP) is 4.40. The Morgan fingerprint density at radius 1 is 1.47 bits per heavy atom. The Kier molecular flexibility index (Phi) is 4.76. The van der Waals surface area contributed by atoms with Gasteiger partial charge < -0.3 is 5.11 Å². The average molecular weight is 234 g/mol. The summed E-state index contributed by atoms with van der Waals surface area (Å²) in [5, 5.41) is 9.82. The summed E-state index contributed by atoms with van der Waals surface area (Å²) < 4.78 is 0. The van der Waals surface area contributed by atoms with Gasteiger partial charge in [0.05, 0.1) is 6.10 Å². The Morgan fingerprint density at radius 2 is 2.12 bits per heavy atom. The van der Waals surface area contributed by atoms with Crippen LogP contribution in [0.5, 0.6) is 0 Å². The normalized spacial score (nSPS) is 25.8. The molecule has 1 aliphatic carbocycles. The molecule has 0 fully saturated rings. The molecule has 1 atom stereocenters. The highest BCUT2D eigenvalue weighted by Gasteiger charge is 2.31. The molecule has 0 amide bonds. The lowest BCUT2D eigenvalue weighted by Gasteiger charge is -2.35. The lowest BCUT2D eigenvalue weighted by atomic mass is 9.71. The molecule has 0 heterocycles. The molecule has 1 nitrogen and oxygen atoms in total. The first-order chi connectivity index (χ1) is 7.86. The van der Waals surface area contributed by atoms with Gasteiger partial charge >= 0.3 is 0 Å². The minimum atomic E-state index is -0.172. The predicted molar refractivity (Wildman–Crippen MR) is 74.9 cm³/mol. The first-order valence-electron chi connectivity index (χ1n) is 6.60. The molecule has 17 heavy (non-hydrogen) atoms. The fourth-order valence-electron chi connectivity index (χ4n) is 2.78. The van der Waals surface area contributed by atoms with E-state index in [9.17, 15) is 5.11 Å². The van der Waals surface area contributed by atoms with Crippen LogP contribution in [-0.4, -0.2) is 11.2 Å². The maximum absolute atomic E-state index is 9.82. The summed E-state index contributed by atoms with van der Waals surface area (Å²) in [6, 6.07) is 0. The van der Waals surface area contributed by atoms with E-state index in [2.05, 4.69) is 52.8 Å². The number of aliphatic hydroxyl groups excluding tert-OH is 1. The van der Waals surface area contributed by atoms with Gasteiger partial charge in [0.25, 0.3) is 0 Å². The summed E-state index contributed by atoms with van der Waals surface area (Å²) in [6.45, 7) is 10.9. The Labute approximate surface area is 106 Å². The second kappa shape index (κ2) is 5.68. The molecule has 0 spiro atoms. The van der Waals surface area contributed by atoms with E-state index in [0.29, 0.717) is 0 Å². The number of hydrogen-bond donors (Lipinski definition) is 1. The second-order valence-electron chi connectivity index (χ2n) is 5.83. The second-order valence-corrected chi connectivity index (χ2v) is 5.83. The van der Waals surface area contributed by atoms with Gasteiger partial charge in [0, 0.05) is 0 Å². The van der Waals surface area contributed by atoms with Crippen molar-refractivity contribution in [1.82, 2.24) is 0 Å². The van der Waals surface area contributed by atoms with Crippen LogP contribution in [0.2, 0.25) is 0 Å². The Balaban J connectivity index is 2.95. The minimum absolute atomic E-state index is 0.0880. The molecule has 0 saturated carbocycles. The van der Waals surface area contributed by atoms with Crippen molar-refractivity contribution >= 4 is 0 Å². The summed E-state index contributed by atoms with van der Waals surface area (Å²) >= 11 is 0. The lowest BCUT2D eigenvalue weighted by molar-refractivity contribution is 0.116. The molecule has 1 rings (SSSR count). The molecule has 0 aliphatic heterocycles. The zero-order chi connectivity index (χ0) is 13.1. The van der Waals surface area contributed by atoms with E-state index in [1.807, 2.05) is 0 Å². The van der Waals surface area contributed by atoms with Crippen LogP contribution in [0.1, 0.15) is 53.9 Å². The van der Waals surface area contributed by atoms with Gasteiger partial charge in [-0.15, -0.1) is 0 Å². The minimum Gasteiger partial charge on any atom is -0.393 e. The molecular weight excluding hydrogens is 208 g/mol. The summed E-state index contributed by atoms with van der Waals surface area (Å²) in [7, 11) is 0. The van der Waals surface area contributed by atoms with E-state index >= 15 is 0 Å². The SMILES string of the molecule is CC/C=C(C)/C=C/C1=C(C)CC(O)CC1(C)C. The summed E-state index contributed by atoms with van der Waals surface area (Å²) in [5.74, 6) is 0. The lowest BCUT2D eigenvalue weighted by Crippen LogP contribution is -2.28. The topological polar surface area (TPSA) is 20.2 Å². The van der Waals surface area contributed by atoms with Crippen LogP contribution < -0.4 is 0 Å². The molecular formula is C16H26O. The molecule has 0 aromatic rings. The van der Waals surface area contributed by atoms with Crippen molar-refractivity contribution in [2.75, 3.05) is 0 Å². The largest absolute Gasteiger partial charge is 0.393 e. The van der Waals surface area contributed by atoms with Gasteiger partial charge in [-0.25, -0.2) is 0 Å². The van der Waals surface area contributed by atoms with Gasteiger partial charge in [0.2, 0.25) is 0 Å². The van der Waals surface area contributed by atoms with Crippen molar-refractivity contribution in [3.63, 3.8) is 0 Å². The van der Waals surface area contributed by atoms with Crippen molar-refractivity contribution in [2.24, 2.45) is 5.41 Å². The Bertz CT molecular complexity index is 356. The molecule has 0 aromatic heterocycles. The maximum Gasteiger partial charge on any atom is 0.0585 e. The van der Waals surface area contributed by atoms with Crippen LogP contribution >= 0.6 is 0 Å². The quantitative estimate of drug-likeness (QED) is 0.718. The molecule has 0 radical (unpaired) electrons. The fraction of sp³-hybridized carbons (Fsp3) is 0.625. The van der Waals surface area contributed by atoms with Crippen LogP contribution in [-0.2, 0) is 0 Å². The smallest absolute Gasteiger partial charge is 0.0585 e. The van der Waals surface area contributed by atoms with Gasteiger partial charge in [0.1, 0.15) is 0 Å². The summed E-state index contributed by atoms with van der Waals surface area (Å²) in [6.07, 6.45) is 9.26. The van der Waals surface area contributed by atoms with Crippen molar-refractivity contribution < 1.29 is 5.11 Å². The monoisotopic (exact) mass is 234 g/mol. The van der Waals surface area contributed by atoms with Crippen molar-refractivity contribution in [3.8, 4) is 0 Å². The average Bonchev–Trinajstić information content (AvgIpc) is 2.14. The molecule has 0 aromatic carbocycles. The highest BCUT2D eigenvalue weighted by Crippen LogP contribution is 2.40. The Morgan fingerprint density at radius 3 is 2.65 bits per heavy atom. The van der Waals surface area contributed by atoms with Gasteiger partial charge in [-0.3, -0.25) is 0 Å². The van der Waals surface area contributed by atoms with Crippen molar-refractivity contribution in [3.05, 3.63) is 34.9 Å². The molecule has 1 N–H and O–H groups in total. The van der Waals surface area contributed by atoms with Crippen molar-refractivity contribution in [2.45, 2.75) is 60.0 Å². The summed E-state index contributed by atoms with van der Waals surface area (Å²) in [4.78, 5) is 0. The van der Waals surface area contributed by atoms with Gasteiger partial charge in [0.15, 0.2) is 0 Å². The molecule has 1 unspecified atom stereocenters. The third-order valence-corrected chi connectivity index (χ3v) is 3.52. The third kappa shape index (κ3) is 3.85. The third-order valence-electron chi connectivity index (χ3n) is 3.52. The van der Waals surface area contributed by atoms with Gasteiger partial charge in [-0.05, 0) is 44.1 Å². The van der Waals surface area contributed by atoms with Crippen LogP contribution in [0.25, 0.3) is 0 Å². The Hall–Kier alpha value is -0.820. The van der Waals surface area contributed by atoms with E-state index in [0.717, 1.165) is 19.3 Å². The highest BCUT2D eigenvalue weighted by molar-refractivity contribution is 5.36. The number of allylic oxidation sites excluding steroid dienone is 5. The zero-order valence-electron chi connectivity index (χ0n) is 11.9. The first-order valence-corrected chi connectivity index (χ1v) is 6.60. The van der Waals surface area contributed by atoms with E-state index < -0.39 is 0 Å². The molecule has 96 valence electrons. The van der Waals surface area contributed by atoms with Gasteiger partial charge in [-0.2, -0.15) is 0 Å². The van der Waals surface area contributed by atoms with E-state index in [1.165, 1.54) is 16.7 Å².